The van der Waals surface area contributed by atoms with Crippen molar-refractivity contribution >= 4 is 11.9 Å². The quantitative estimate of drug-likeness (QED) is 0.513. The largest absolute Gasteiger partial charge is 0.479 e. The number of esters is 1. The third kappa shape index (κ3) is 7.11. The number of carbonyl (C=O) groups excluding carboxylic acids is 2. The number of hydrogen-bond acceptors (Lipinski definition) is 5. The number of ether oxygens (including phenoxy) is 3. The molecule has 0 saturated carbocycles. The summed E-state index contributed by atoms with van der Waals surface area (Å²) >= 11 is 0. The van der Waals surface area contributed by atoms with E-state index in [0.717, 1.165) is 6.42 Å². The summed E-state index contributed by atoms with van der Waals surface area (Å²) in [6.45, 7) is 2.70. The molecule has 2 rings (SSSR count). The van der Waals surface area contributed by atoms with Crippen molar-refractivity contribution in [1.82, 2.24) is 5.32 Å². The van der Waals surface area contributed by atoms with Crippen LogP contribution in [0.1, 0.15) is 22.8 Å². The van der Waals surface area contributed by atoms with Gasteiger partial charge in [-0.25, -0.2) is 4.79 Å². The molecule has 27 heavy (non-hydrogen) atoms. The summed E-state index contributed by atoms with van der Waals surface area (Å²) in [5, 5.41) is 2.89. The molecule has 2 aromatic rings. The van der Waals surface area contributed by atoms with Crippen LogP contribution in [0, 0.1) is 0 Å². The number of hydrogen-bond donors (Lipinski definition) is 1. The molecule has 0 heterocycles. The van der Waals surface area contributed by atoms with Crippen LogP contribution in [0.2, 0.25) is 0 Å². The summed E-state index contributed by atoms with van der Waals surface area (Å²) in [4.78, 5) is 24.0. The van der Waals surface area contributed by atoms with Gasteiger partial charge in [0.25, 0.3) is 5.91 Å². The monoisotopic (exact) mass is 371 g/mol. The second-order valence-electron chi connectivity index (χ2n) is 5.94. The van der Waals surface area contributed by atoms with Gasteiger partial charge in [-0.1, -0.05) is 30.3 Å². The Kier molecular flexibility index (Phi) is 8.32. The molecule has 6 nitrogen and oxygen atoms in total. The number of rotatable bonds is 10. The minimum Gasteiger partial charge on any atom is -0.479 e. The first-order valence-electron chi connectivity index (χ1n) is 8.84. The maximum absolute atomic E-state index is 12.2. The van der Waals surface area contributed by atoms with E-state index in [1.807, 2.05) is 30.3 Å². The van der Waals surface area contributed by atoms with E-state index in [0.29, 0.717) is 24.5 Å². The predicted molar refractivity (Wildman–Crippen MR) is 102 cm³/mol. The van der Waals surface area contributed by atoms with Crippen molar-refractivity contribution in [3.63, 3.8) is 0 Å². The average molecular weight is 371 g/mol. The highest BCUT2D eigenvalue weighted by atomic mass is 16.6. The van der Waals surface area contributed by atoms with Gasteiger partial charge in [-0.2, -0.15) is 0 Å². The topological polar surface area (TPSA) is 73.9 Å². The number of nitrogens with one attached hydrogen (secondary N) is 1. The third-order valence-electron chi connectivity index (χ3n) is 3.84. The Balaban J connectivity index is 1.78. The van der Waals surface area contributed by atoms with Crippen LogP contribution in [0.4, 0.5) is 0 Å². The molecule has 0 aliphatic carbocycles. The van der Waals surface area contributed by atoms with E-state index in [1.54, 1.807) is 31.2 Å². The fourth-order valence-corrected chi connectivity index (χ4v) is 2.35. The van der Waals surface area contributed by atoms with Gasteiger partial charge in [-0.15, -0.1) is 0 Å². The Hall–Kier alpha value is -2.86. The van der Waals surface area contributed by atoms with Gasteiger partial charge in [0.05, 0.1) is 6.61 Å². The fraction of sp³-hybridized carbons (Fsp3) is 0.333. The van der Waals surface area contributed by atoms with E-state index >= 15 is 0 Å². The van der Waals surface area contributed by atoms with Crippen LogP contribution in [0.15, 0.2) is 54.6 Å². The van der Waals surface area contributed by atoms with Gasteiger partial charge < -0.3 is 19.5 Å². The van der Waals surface area contributed by atoms with Crippen molar-refractivity contribution in [3.8, 4) is 5.75 Å². The third-order valence-corrected chi connectivity index (χ3v) is 3.84. The maximum atomic E-state index is 12.2. The molecular weight excluding hydrogens is 346 g/mol. The zero-order chi connectivity index (χ0) is 19.5. The second kappa shape index (κ2) is 11.0. The van der Waals surface area contributed by atoms with Gasteiger partial charge in [-0.3, -0.25) is 4.79 Å². The molecule has 0 spiro atoms. The number of benzene rings is 2. The van der Waals surface area contributed by atoms with E-state index in [-0.39, 0.29) is 12.5 Å². The lowest BCUT2D eigenvalue weighted by atomic mass is 10.1. The summed E-state index contributed by atoms with van der Waals surface area (Å²) in [6, 6.07) is 16.6. The molecule has 0 saturated heterocycles. The predicted octanol–water partition coefficient (Wildman–Crippen LogP) is 2.62. The SMILES string of the molecule is COCCOC(=O)C(C)Oc1ccc(C(=O)NCCc2ccccc2)cc1. The summed E-state index contributed by atoms with van der Waals surface area (Å²) in [5.74, 6) is -0.119. The molecule has 6 heteroatoms. The van der Waals surface area contributed by atoms with E-state index in [9.17, 15) is 9.59 Å². The van der Waals surface area contributed by atoms with Gasteiger partial charge in [-0.05, 0) is 43.2 Å². The van der Waals surface area contributed by atoms with E-state index in [2.05, 4.69) is 5.32 Å². The molecule has 0 aliphatic rings. The van der Waals surface area contributed by atoms with Crippen LogP contribution in [-0.2, 0) is 20.7 Å². The molecule has 0 bridgehead atoms. The molecule has 0 aromatic heterocycles. The molecule has 0 aliphatic heterocycles. The Labute approximate surface area is 159 Å². The van der Waals surface area contributed by atoms with Crippen molar-refractivity contribution in [3.05, 3.63) is 65.7 Å². The van der Waals surface area contributed by atoms with E-state index in [1.165, 1.54) is 12.7 Å². The van der Waals surface area contributed by atoms with Gasteiger partial charge in [0.15, 0.2) is 6.10 Å². The molecule has 0 fully saturated rings. The van der Waals surface area contributed by atoms with Crippen LogP contribution in [-0.4, -0.2) is 44.8 Å². The first-order chi connectivity index (χ1) is 13.1. The minimum absolute atomic E-state index is 0.149. The normalized spacial score (nSPS) is 11.5. The van der Waals surface area contributed by atoms with Crippen LogP contribution in [0.25, 0.3) is 0 Å². The minimum atomic E-state index is -0.743. The van der Waals surface area contributed by atoms with Crippen LogP contribution in [0.5, 0.6) is 5.75 Å². The molecular formula is C21H25NO5. The Morgan fingerprint density at radius 1 is 1.00 bits per heavy atom. The zero-order valence-electron chi connectivity index (χ0n) is 15.6. The Morgan fingerprint density at radius 3 is 2.37 bits per heavy atom. The Morgan fingerprint density at radius 2 is 1.70 bits per heavy atom. The summed E-state index contributed by atoms with van der Waals surface area (Å²) in [7, 11) is 1.53. The summed E-state index contributed by atoms with van der Waals surface area (Å²) < 4.78 is 15.4. The molecule has 1 amide bonds. The van der Waals surface area contributed by atoms with Crippen molar-refractivity contribution in [2.75, 3.05) is 26.9 Å². The summed E-state index contributed by atoms with van der Waals surface area (Å²) in [6.07, 6.45) is 0.0311. The lowest BCUT2D eigenvalue weighted by Crippen LogP contribution is -2.27. The van der Waals surface area contributed by atoms with Gasteiger partial charge in [0, 0.05) is 19.2 Å². The zero-order valence-corrected chi connectivity index (χ0v) is 15.6. The highest BCUT2D eigenvalue weighted by molar-refractivity contribution is 5.94. The highest BCUT2D eigenvalue weighted by Gasteiger charge is 2.16. The van der Waals surface area contributed by atoms with Gasteiger partial charge >= 0.3 is 5.97 Å². The highest BCUT2D eigenvalue weighted by Crippen LogP contribution is 2.14. The average Bonchev–Trinajstić information content (AvgIpc) is 2.69. The van der Waals surface area contributed by atoms with Crippen LogP contribution >= 0.6 is 0 Å². The van der Waals surface area contributed by atoms with Gasteiger partial charge in [0.2, 0.25) is 0 Å². The smallest absolute Gasteiger partial charge is 0.347 e. The maximum Gasteiger partial charge on any atom is 0.347 e. The molecule has 144 valence electrons. The lowest BCUT2D eigenvalue weighted by Gasteiger charge is -2.14. The lowest BCUT2D eigenvalue weighted by molar-refractivity contribution is -0.152. The molecule has 1 N–H and O–H groups in total. The molecule has 1 atom stereocenters. The Bertz CT molecular complexity index is 715. The van der Waals surface area contributed by atoms with Gasteiger partial charge in [0.1, 0.15) is 12.4 Å². The fourth-order valence-electron chi connectivity index (χ4n) is 2.35. The van der Waals surface area contributed by atoms with Crippen molar-refractivity contribution in [1.29, 1.82) is 0 Å². The van der Waals surface area contributed by atoms with Crippen LogP contribution in [0.3, 0.4) is 0 Å². The van der Waals surface area contributed by atoms with E-state index in [4.69, 9.17) is 14.2 Å². The van der Waals surface area contributed by atoms with Crippen molar-refractivity contribution < 1.29 is 23.8 Å². The standard InChI is InChI=1S/C21H25NO5/c1-16(21(24)26-15-14-25-2)27-19-10-8-18(9-11-19)20(23)22-13-12-17-6-4-3-5-7-17/h3-11,16H,12-15H2,1-2H3,(H,22,23). The molecule has 2 aromatic carbocycles. The first kappa shape index (κ1) is 20.5. The number of carbonyl (C=O) groups is 2. The van der Waals surface area contributed by atoms with Crippen molar-refractivity contribution in [2.45, 2.75) is 19.4 Å². The number of methoxy groups -OCH3 is 1. The second-order valence-corrected chi connectivity index (χ2v) is 5.94. The first-order valence-corrected chi connectivity index (χ1v) is 8.84. The van der Waals surface area contributed by atoms with E-state index < -0.39 is 12.1 Å². The van der Waals surface area contributed by atoms with Crippen LogP contribution < -0.4 is 10.1 Å². The van der Waals surface area contributed by atoms with Crippen molar-refractivity contribution in [2.24, 2.45) is 0 Å². The molecule has 0 radical (unpaired) electrons. The number of amides is 1. The summed E-state index contributed by atoms with van der Waals surface area (Å²) in [5.41, 5.74) is 1.71. The molecule has 1 unspecified atom stereocenters.